The Morgan fingerprint density at radius 2 is 2.20 bits per heavy atom. The summed E-state index contributed by atoms with van der Waals surface area (Å²) >= 11 is 7.37. The second-order valence-corrected chi connectivity index (χ2v) is 10.3. The summed E-state index contributed by atoms with van der Waals surface area (Å²) in [4.78, 5) is 18.8. The first kappa shape index (κ1) is 18.5. The fraction of sp³-hybridized carbons (Fsp3) is 0.500. The Labute approximate surface area is 156 Å². The molecule has 136 valence electrons. The molecule has 1 amide bonds. The van der Waals surface area contributed by atoms with Gasteiger partial charge in [0.25, 0.3) is 0 Å². The third-order valence-electron chi connectivity index (χ3n) is 4.54. The fourth-order valence-corrected chi connectivity index (χ4v) is 5.94. The molecule has 1 aliphatic rings. The average molecular weight is 402 g/mol. The van der Waals surface area contributed by atoms with Crippen LogP contribution in [0.3, 0.4) is 0 Å². The number of fused-ring (bicyclic) bond motifs is 1. The molecule has 9 heteroatoms. The molecule has 6 nitrogen and oxygen atoms in total. The van der Waals surface area contributed by atoms with Gasteiger partial charge in [0.15, 0.2) is 15.0 Å². The Kier molecular flexibility index (Phi) is 5.05. The fourth-order valence-electron chi connectivity index (χ4n) is 3.01. The number of carbonyl (C=O) groups excluding carboxylic acids is 1. The minimum Gasteiger partial charge on any atom is -0.341 e. The summed E-state index contributed by atoms with van der Waals surface area (Å²) in [5.41, 5.74) is 1.73. The number of thioether (sulfide) groups is 1. The molecule has 3 rings (SSSR count). The van der Waals surface area contributed by atoms with E-state index in [4.69, 9.17) is 11.6 Å². The SMILES string of the molecule is CC(Sc1nc2cc(Cl)ccc2n1C)C(=O)N(C)C1CCS(=O)(=O)C1. The number of amides is 1. The number of halogens is 1. The van der Waals surface area contributed by atoms with Crippen molar-refractivity contribution >= 4 is 50.1 Å². The Morgan fingerprint density at radius 1 is 1.48 bits per heavy atom. The molecule has 1 fully saturated rings. The van der Waals surface area contributed by atoms with Gasteiger partial charge in [-0.3, -0.25) is 4.79 Å². The molecule has 25 heavy (non-hydrogen) atoms. The molecular formula is C16H20ClN3O3S2. The number of nitrogens with zero attached hydrogens (tertiary/aromatic N) is 3. The number of rotatable bonds is 4. The van der Waals surface area contributed by atoms with Crippen molar-refractivity contribution in [1.82, 2.24) is 14.5 Å². The maximum atomic E-state index is 12.7. The smallest absolute Gasteiger partial charge is 0.235 e. The molecule has 2 aromatic rings. The molecular weight excluding hydrogens is 382 g/mol. The molecule has 0 aliphatic carbocycles. The zero-order valence-corrected chi connectivity index (χ0v) is 16.7. The minimum atomic E-state index is -3.02. The van der Waals surface area contributed by atoms with Gasteiger partial charge in [0.2, 0.25) is 5.91 Å². The van der Waals surface area contributed by atoms with Gasteiger partial charge < -0.3 is 9.47 Å². The monoisotopic (exact) mass is 401 g/mol. The zero-order valence-electron chi connectivity index (χ0n) is 14.3. The number of sulfone groups is 1. The lowest BCUT2D eigenvalue weighted by atomic mass is 10.2. The standard InChI is InChI=1S/C16H20ClN3O3S2/c1-10(15(21)19(2)12-6-7-25(22,23)9-12)24-16-18-13-8-11(17)4-5-14(13)20(16)3/h4-5,8,10,12H,6-7,9H2,1-3H3. The molecule has 0 bridgehead atoms. The molecule has 0 radical (unpaired) electrons. The van der Waals surface area contributed by atoms with Gasteiger partial charge in [0.1, 0.15) is 0 Å². The van der Waals surface area contributed by atoms with Crippen molar-refractivity contribution in [3.63, 3.8) is 0 Å². The van der Waals surface area contributed by atoms with Crippen LogP contribution in [0.25, 0.3) is 11.0 Å². The number of hydrogen-bond donors (Lipinski definition) is 0. The molecule has 2 heterocycles. The predicted molar refractivity (Wildman–Crippen MR) is 101 cm³/mol. The van der Waals surface area contributed by atoms with Crippen LogP contribution in [0, 0.1) is 0 Å². The first-order valence-electron chi connectivity index (χ1n) is 7.93. The molecule has 1 aliphatic heterocycles. The van der Waals surface area contributed by atoms with Crippen LogP contribution in [-0.2, 0) is 21.7 Å². The van der Waals surface area contributed by atoms with Crippen molar-refractivity contribution in [1.29, 1.82) is 0 Å². The van der Waals surface area contributed by atoms with Gasteiger partial charge in [0.05, 0.1) is 27.8 Å². The van der Waals surface area contributed by atoms with Crippen molar-refractivity contribution in [3.05, 3.63) is 23.2 Å². The van der Waals surface area contributed by atoms with Gasteiger partial charge in [-0.05, 0) is 31.5 Å². The van der Waals surface area contributed by atoms with E-state index in [1.165, 1.54) is 11.8 Å². The van der Waals surface area contributed by atoms with E-state index in [9.17, 15) is 13.2 Å². The number of imidazole rings is 1. The van der Waals surface area contributed by atoms with E-state index >= 15 is 0 Å². The van der Waals surface area contributed by atoms with Gasteiger partial charge in [-0.25, -0.2) is 13.4 Å². The van der Waals surface area contributed by atoms with Gasteiger partial charge in [0, 0.05) is 25.2 Å². The highest BCUT2D eigenvalue weighted by Gasteiger charge is 2.34. The van der Waals surface area contributed by atoms with Crippen LogP contribution in [0.1, 0.15) is 13.3 Å². The average Bonchev–Trinajstić information content (AvgIpc) is 3.05. The molecule has 2 unspecified atom stereocenters. The maximum absolute atomic E-state index is 12.7. The van der Waals surface area contributed by atoms with E-state index in [1.807, 2.05) is 30.7 Å². The quantitative estimate of drug-likeness (QED) is 0.735. The van der Waals surface area contributed by atoms with Crippen LogP contribution in [0.2, 0.25) is 5.02 Å². The predicted octanol–water partition coefficient (Wildman–Crippen LogP) is 2.35. The molecule has 1 aromatic carbocycles. The van der Waals surface area contributed by atoms with Gasteiger partial charge >= 0.3 is 0 Å². The van der Waals surface area contributed by atoms with Crippen LogP contribution in [0.15, 0.2) is 23.4 Å². The van der Waals surface area contributed by atoms with E-state index in [0.29, 0.717) is 11.4 Å². The van der Waals surface area contributed by atoms with Gasteiger partial charge in [-0.15, -0.1) is 0 Å². The van der Waals surface area contributed by atoms with Crippen LogP contribution in [0.5, 0.6) is 0 Å². The number of benzene rings is 1. The van der Waals surface area contributed by atoms with E-state index in [2.05, 4.69) is 4.98 Å². The van der Waals surface area contributed by atoms with Crippen molar-refractivity contribution in [2.75, 3.05) is 18.6 Å². The maximum Gasteiger partial charge on any atom is 0.235 e. The lowest BCUT2D eigenvalue weighted by Gasteiger charge is -2.26. The zero-order chi connectivity index (χ0) is 18.4. The number of aryl methyl sites for hydroxylation is 1. The lowest BCUT2D eigenvalue weighted by Crippen LogP contribution is -2.41. The second-order valence-electron chi connectivity index (χ2n) is 6.35. The summed E-state index contributed by atoms with van der Waals surface area (Å²) in [5.74, 6) is 0.122. The molecule has 0 N–H and O–H groups in total. The summed E-state index contributed by atoms with van der Waals surface area (Å²) in [6.45, 7) is 1.82. The largest absolute Gasteiger partial charge is 0.341 e. The molecule has 1 saturated heterocycles. The van der Waals surface area contributed by atoms with Crippen LogP contribution in [0.4, 0.5) is 0 Å². The summed E-state index contributed by atoms with van der Waals surface area (Å²) in [7, 11) is 0.563. The molecule has 0 saturated carbocycles. The number of hydrogen-bond acceptors (Lipinski definition) is 5. The Bertz CT molecular complexity index is 926. The summed E-state index contributed by atoms with van der Waals surface area (Å²) in [6, 6.07) is 5.27. The van der Waals surface area contributed by atoms with Crippen molar-refractivity contribution < 1.29 is 13.2 Å². The first-order chi connectivity index (χ1) is 11.7. The Balaban J connectivity index is 1.74. The molecule has 2 atom stereocenters. The number of carbonyl (C=O) groups is 1. The van der Waals surface area contributed by atoms with E-state index in [0.717, 1.165) is 16.2 Å². The highest BCUT2D eigenvalue weighted by atomic mass is 35.5. The molecule has 0 spiro atoms. The van der Waals surface area contributed by atoms with Gasteiger partial charge in [-0.1, -0.05) is 23.4 Å². The van der Waals surface area contributed by atoms with Crippen LogP contribution < -0.4 is 0 Å². The summed E-state index contributed by atoms with van der Waals surface area (Å²) < 4.78 is 25.2. The third-order valence-corrected chi connectivity index (χ3v) is 7.65. The van der Waals surface area contributed by atoms with Crippen LogP contribution in [-0.4, -0.2) is 58.6 Å². The topological polar surface area (TPSA) is 72.3 Å². The van der Waals surface area contributed by atoms with E-state index in [1.54, 1.807) is 18.0 Å². The van der Waals surface area contributed by atoms with Crippen LogP contribution >= 0.6 is 23.4 Å². The highest BCUT2D eigenvalue weighted by Crippen LogP contribution is 2.29. The summed E-state index contributed by atoms with van der Waals surface area (Å²) in [6.07, 6.45) is 0.507. The van der Waals surface area contributed by atoms with E-state index in [-0.39, 0.29) is 28.7 Å². The second kappa shape index (κ2) is 6.81. The van der Waals surface area contributed by atoms with Gasteiger partial charge in [-0.2, -0.15) is 0 Å². The van der Waals surface area contributed by atoms with Crippen molar-refractivity contribution in [2.45, 2.75) is 29.8 Å². The Morgan fingerprint density at radius 3 is 2.84 bits per heavy atom. The third kappa shape index (κ3) is 3.80. The molecule has 1 aromatic heterocycles. The minimum absolute atomic E-state index is 0.0530. The normalized spacial score (nSPS) is 20.7. The highest BCUT2D eigenvalue weighted by molar-refractivity contribution is 8.00. The van der Waals surface area contributed by atoms with E-state index < -0.39 is 9.84 Å². The lowest BCUT2D eigenvalue weighted by molar-refractivity contribution is -0.130. The van der Waals surface area contributed by atoms with Crippen molar-refractivity contribution in [2.24, 2.45) is 7.05 Å². The first-order valence-corrected chi connectivity index (χ1v) is 11.0. The summed E-state index contributed by atoms with van der Waals surface area (Å²) in [5, 5.41) is 0.985. The van der Waals surface area contributed by atoms with Crippen molar-refractivity contribution in [3.8, 4) is 0 Å². The Hall–Kier alpha value is -1.25. The number of aromatic nitrogens is 2.